The summed E-state index contributed by atoms with van der Waals surface area (Å²) in [6.07, 6.45) is 5.04. The van der Waals surface area contributed by atoms with Crippen LogP contribution in [0.15, 0.2) is 6.20 Å². The minimum atomic E-state index is 0.114. The Kier molecular flexibility index (Phi) is 3.91. The Morgan fingerprint density at radius 2 is 2.36 bits per heavy atom. The summed E-state index contributed by atoms with van der Waals surface area (Å²) in [5.74, 6) is 6.17. The number of aryl methyl sites for hydroxylation is 1. The SMILES string of the molecule is CCCCC(NN)c1cnn(C)c1N. The Morgan fingerprint density at radius 3 is 2.79 bits per heavy atom. The molecule has 5 nitrogen and oxygen atoms in total. The van der Waals surface area contributed by atoms with Gasteiger partial charge in [-0.2, -0.15) is 5.10 Å². The van der Waals surface area contributed by atoms with Gasteiger partial charge in [-0.3, -0.25) is 16.0 Å². The number of rotatable bonds is 5. The molecule has 0 aliphatic carbocycles. The van der Waals surface area contributed by atoms with E-state index in [0.29, 0.717) is 5.82 Å². The highest BCUT2D eigenvalue weighted by Crippen LogP contribution is 2.23. The summed E-state index contributed by atoms with van der Waals surface area (Å²) in [6, 6.07) is 0.114. The van der Waals surface area contributed by atoms with Gasteiger partial charge in [0.25, 0.3) is 0 Å². The molecule has 0 aliphatic rings. The average molecular weight is 197 g/mol. The van der Waals surface area contributed by atoms with Crippen LogP contribution in [0.2, 0.25) is 0 Å². The molecule has 0 radical (unpaired) electrons. The lowest BCUT2D eigenvalue weighted by Gasteiger charge is -2.14. The van der Waals surface area contributed by atoms with Crippen LogP contribution in [0.1, 0.15) is 37.8 Å². The van der Waals surface area contributed by atoms with Crippen LogP contribution in [0, 0.1) is 0 Å². The fourth-order valence-corrected chi connectivity index (χ4v) is 1.47. The van der Waals surface area contributed by atoms with E-state index < -0.39 is 0 Å². The maximum absolute atomic E-state index is 5.86. The van der Waals surface area contributed by atoms with E-state index in [4.69, 9.17) is 11.6 Å². The second kappa shape index (κ2) is 4.97. The molecule has 0 spiro atoms. The molecule has 1 aromatic rings. The van der Waals surface area contributed by atoms with Crippen molar-refractivity contribution < 1.29 is 0 Å². The number of nitrogens with two attached hydrogens (primary N) is 2. The van der Waals surface area contributed by atoms with Gasteiger partial charge < -0.3 is 5.73 Å². The smallest absolute Gasteiger partial charge is 0.126 e. The van der Waals surface area contributed by atoms with Crippen LogP contribution in [0.3, 0.4) is 0 Å². The summed E-state index contributed by atoms with van der Waals surface area (Å²) >= 11 is 0. The maximum atomic E-state index is 5.86. The Hall–Kier alpha value is -1.07. The fraction of sp³-hybridized carbons (Fsp3) is 0.667. The van der Waals surface area contributed by atoms with E-state index in [9.17, 15) is 0 Å². The van der Waals surface area contributed by atoms with E-state index >= 15 is 0 Å². The number of nitrogen functional groups attached to an aromatic ring is 1. The van der Waals surface area contributed by atoms with E-state index in [1.807, 2.05) is 7.05 Å². The highest BCUT2D eigenvalue weighted by Gasteiger charge is 2.15. The molecule has 1 heterocycles. The normalized spacial score (nSPS) is 13.1. The first kappa shape index (κ1) is 11.0. The summed E-state index contributed by atoms with van der Waals surface area (Å²) in [5, 5.41) is 4.09. The van der Waals surface area contributed by atoms with Crippen molar-refractivity contribution in [1.29, 1.82) is 0 Å². The van der Waals surface area contributed by atoms with E-state index in [1.165, 1.54) is 0 Å². The zero-order valence-electron chi connectivity index (χ0n) is 8.83. The summed E-state index contributed by atoms with van der Waals surface area (Å²) in [6.45, 7) is 2.15. The Morgan fingerprint density at radius 1 is 1.64 bits per heavy atom. The van der Waals surface area contributed by atoms with Crippen molar-refractivity contribution in [2.75, 3.05) is 5.73 Å². The Bertz CT molecular complexity index is 281. The van der Waals surface area contributed by atoms with Crippen molar-refractivity contribution in [2.45, 2.75) is 32.2 Å². The van der Waals surface area contributed by atoms with Crippen LogP contribution in [-0.4, -0.2) is 9.78 Å². The molecule has 0 saturated heterocycles. The fourth-order valence-electron chi connectivity index (χ4n) is 1.47. The molecule has 0 fully saturated rings. The van der Waals surface area contributed by atoms with Gasteiger partial charge in [-0.1, -0.05) is 19.8 Å². The van der Waals surface area contributed by atoms with Gasteiger partial charge in [0.05, 0.1) is 12.2 Å². The van der Waals surface area contributed by atoms with Gasteiger partial charge in [-0.25, -0.2) is 0 Å². The highest BCUT2D eigenvalue weighted by atomic mass is 15.3. The van der Waals surface area contributed by atoms with Gasteiger partial charge in [-0.05, 0) is 6.42 Å². The standard InChI is InChI=1S/C9H19N5/c1-3-4-5-8(13-11)7-6-12-14(2)9(7)10/h6,8,13H,3-5,10-11H2,1-2H3. The molecule has 0 aromatic carbocycles. The largest absolute Gasteiger partial charge is 0.384 e. The predicted octanol–water partition coefficient (Wildman–Crippen LogP) is 0.697. The molecule has 1 aromatic heterocycles. The van der Waals surface area contributed by atoms with Crippen molar-refractivity contribution in [3.05, 3.63) is 11.8 Å². The van der Waals surface area contributed by atoms with E-state index in [0.717, 1.165) is 24.8 Å². The second-order valence-electron chi connectivity index (χ2n) is 3.47. The van der Waals surface area contributed by atoms with Gasteiger partial charge in [0.2, 0.25) is 0 Å². The van der Waals surface area contributed by atoms with E-state index in [2.05, 4.69) is 17.4 Å². The number of hydrogen-bond acceptors (Lipinski definition) is 4. The number of hydrogen-bond donors (Lipinski definition) is 3. The number of nitrogens with one attached hydrogen (secondary N) is 1. The molecule has 0 aliphatic heterocycles. The first-order valence-electron chi connectivity index (χ1n) is 4.94. The summed E-state index contributed by atoms with van der Waals surface area (Å²) in [5.41, 5.74) is 9.62. The molecule has 0 amide bonds. The van der Waals surface area contributed by atoms with Crippen molar-refractivity contribution >= 4 is 5.82 Å². The molecule has 80 valence electrons. The lowest BCUT2D eigenvalue weighted by molar-refractivity contribution is 0.496. The molecule has 0 bridgehead atoms. The third-order valence-electron chi connectivity index (χ3n) is 2.44. The van der Waals surface area contributed by atoms with Crippen molar-refractivity contribution in [3.63, 3.8) is 0 Å². The summed E-state index contributed by atoms with van der Waals surface area (Å²) < 4.78 is 1.66. The number of hydrazine groups is 1. The highest BCUT2D eigenvalue weighted by molar-refractivity contribution is 5.40. The molecular weight excluding hydrogens is 178 g/mol. The minimum absolute atomic E-state index is 0.114. The number of aromatic nitrogens is 2. The average Bonchev–Trinajstić information content (AvgIpc) is 2.51. The Labute approximate surface area is 84.4 Å². The van der Waals surface area contributed by atoms with Gasteiger partial charge in [0.1, 0.15) is 5.82 Å². The summed E-state index contributed by atoms with van der Waals surface area (Å²) in [7, 11) is 1.83. The zero-order chi connectivity index (χ0) is 10.6. The van der Waals surface area contributed by atoms with Crippen LogP contribution < -0.4 is 17.0 Å². The third kappa shape index (κ3) is 2.24. The number of nitrogens with zero attached hydrogens (tertiary/aromatic N) is 2. The molecule has 1 unspecified atom stereocenters. The van der Waals surface area contributed by atoms with Gasteiger partial charge in [0, 0.05) is 12.6 Å². The van der Waals surface area contributed by atoms with Crippen molar-refractivity contribution in [1.82, 2.24) is 15.2 Å². The molecule has 0 saturated carbocycles. The van der Waals surface area contributed by atoms with E-state index in [-0.39, 0.29) is 6.04 Å². The third-order valence-corrected chi connectivity index (χ3v) is 2.44. The molecule has 5 N–H and O–H groups in total. The lowest BCUT2D eigenvalue weighted by Crippen LogP contribution is -2.28. The van der Waals surface area contributed by atoms with Crippen LogP contribution in [0.5, 0.6) is 0 Å². The second-order valence-corrected chi connectivity index (χ2v) is 3.47. The molecule has 1 atom stereocenters. The van der Waals surface area contributed by atoms with Gasteiger partial charge >= 0.3 is 0 Å². The van der Waals surface area contributed by atoms with Crippen LogP contribution in [-0.2, 0) is 7.05 Å². The summed E-state index contributed by atoms with van der Waals surface area (Å²) in [4.78, 5) is 0. The number of unbranched alkanes of at least 4 members (excludes halogenated alkanes) is 1. The molecule has 5 heteroatoms. The van der Waals surface area contributed by atoms with Crippen molar-refractivity contribution in [2.24, 2.45) is 12.9 Å². The van der Waals surface area contributed by atoms with Crippen molar-refractivity contribution in [3.8, 4) is 0 Å². The minimum Gasteiger partial charge on any atom is -0.384 e. The first-order chi connectivity index (χ1) is 6.70. The maximum Gasteiger partial charge on any atom is 0.126 e. The molecule has 1 rings (SSSR count). The van der Waals surface area contributed by atoms with E-state index in [1.54, 1.807) is 10.9 Å². The Balaban J connectivity index is 2.73. The molecular formula is C9H19N5. The van der Waals surface area contributed by atoms with Gasteiger partial charge in [0.15, 0.2) is 0 Å². The van der Waals surface area contributed by atoms with Crippen LogP contribution in [0.4, 0.5) is 5.82 Å². The monoisotopic (exact) mass is 197 g/mol. The predicted molar refractivity (Wildman–Crippen MR) is 57.2 cm³/mol. The van der Waals surface area contributed by atoms with Gasteiger partial charge in [-0.15, -0.1) is 0 Å². The van der Waals surface area contributed by atoms with Crippen LogP contribution in [0.25, 0.3) is 0 Å². The quantitative estimate of drug-likeness (QED) is 0.479. The first-order valence-corrected chi connectivity index (χ1v) is 4.94. The lowest BCUT2D eigenvalue weighted by atomic mass is 10.0. The number of anilines is 1. The van der Waals surface area contributed by atoms with Crippen LogP contribution >= 0.6 is 0 Å². The zero-order valence-corrected chi connectivity index (χ0v) is 8.83. The molecule has 14 heavy (non-hydrogen) atoms. The topological polar surface area (TPSA) is 81.9 Å².